The first-order valence-corrected chi connectivity index (χ1v) is 3.03. The molecular weight excluding hydrogens is 126 g/mol. The van der Waals surface area contributed by atoms with Crippen LogP contribution in [0.5, 0.6) is 0 Å². The smallest absolute Gasteiger partial charge is 0.150 e. The molecule has 0 radical (unpaired) electrons. The molecule has 0 amide bonds. The van der Waals surface area contributed by atoms with Gasteiger partial charge < -0.3 is 4.57 Å². The van der Waals surface area contributed by atoms with E-state index in [4.69, 9.17) is 5.26 Å². The van der Waals surface area contributed by atoms with Gasteiger partial charge in [-0.15, -0.1) is 0 Å². The third kappa shape index (κ3) is 0.504. The number of aliphatic imine (C=N–C) groups is 1. The summed E-state index contributed by atoms with van der Waals surface area (Å²) in [6.45, 7) is 0.803. The molecule has 0 saturated carbocycles. The molecule has 0 bridgehead atoms. The van der Waals surface area contributed by atoms with E-state index >= 15 is 0 Å². The van der Waals surface area contributed by atoms with E-state index in [0.717, 1.165) is 12.4 Å². The van der Waals surface area contributed by atoms with Crippen molar-refractivity contribution in [2.24, 2.45) is 4.99 Å². The highest BCUT2D eigenvalue weighted by atomic mass is 15.1. The van der Waals surface area contributed by atoms with E-state index in [1.54, 1.807) is 12.3 Å². The van der Waals surface area contributed by atoms with Gasteiger partial charge in [0.1, 0.15) is 6.07 Å². The Morgan fingerprint density at radius 1 is 1.70 bits per heavy atom. The predicted octanol–water partition coefficient (Wildman–Crippen LogP) is 1.08. The second-order valence-corrected chi connectivity index (χ2v) is 2.13. The van der Waals surface area contributed by atoms with Crippen molar-refractivity contribution >= 4 is 12.0 Å². The molecule has 3 heteroatoms. The van der Waals surface area contributed by atoms with Gasteiger partial charge in [-0.05, 0) is 6.07 Å². The van der Waals surface area contributed by atoms with Crippen LogP contribution in [0.15, 0.2) is 17.3 Å². The zero-order valence-electron chi connectivity index (χ0n) is 5.28. The summed E-state index contributed by atoms with van der Waals surface area (Å²) in [5.41, 5.74) is 0.661. The van der Waals surface area contributed by atoms with Gasteiger partial charge in [-0.25, -0.2) is 4.99 Å². The summed E-state index contributed by atoms with van der Waals surface area (Å²) < 4.78 is 1.94. The number of nitriles is 1. The van der Waals surface area contributed by atoms with Crippen molar-refractivity contribution in [3.63, 3.8) is 0 Å². The second kappa shape index (κ2) is 1.71. The first-order valence-electron chi connectivity index (χ1n) is 3.03. The van der Waals surface area contributed by atoms with E-state index < -0.39 is 0 Å². The minimum absolute atomic E-state index is 0.661. The molecular formula is C7H5N3. The van der Waals surface area contributed by atoms with E-state index in [9.17, 15) is 0 Å². The first kappa shape index (κ1) is 5.24. The fourth-order valence-electron chi connectivity index (χ4n) is 1.06. The number of aromatic nitrogens is 1. The van der Waals surface area contributed by atoms with E-state index in [0.29, 0.717) is 5.56 Å². The monoisotopic (exact) mass is 131 g/mol. The van der Waals surface area contributed by atoms with Gasteiger partial charge in [-0.2, -0.15) is 5.26 Å². The van der Waals surface area contributed by atoms with E-state index in [2.05, 4.69) is 11.1 Å². The van der Waals surface area contributed by atoms with Crippen LogP contribution in [0, 0.1) is 11.3 Å². The molecule has 1 aliphatic rings. The van der Waals surface area contributed by atoms with Gasteiger partial charge in [0.05, 0.1) is 12.1 Å². The maximum absolute atomic E-state index is 8.55. The maximum atomic E-state index is 8.55. The molecule has 0 unspecified atom stereocenters. The lowest BCUT2D eigenvalue weighted by molar-refractivity contribution is 0.908. The number of hydrogen-bond acceptors (Lipinski definition) is 2. The standard InChI is InChI=1S/C7H5N3/c8-5-6-1-3-10-4-2-9-7(6)10/h1-3H,4H2. The average Bonchev–Trinajstić information content (AvgIpc) is 2.44. The van der Waals surface area contributed by atoms with Gasteiger partial charge >= 0.3 is 0 Å². The highest BCUT2D eigenvalue weighted by Gasteiger charge is 2.09. The van der Waals surface area contributed by atoms with Crippen LogP contribution in [-0.4, -0.2) is 10.8 Å². The number of rotatable bonds is 0. The summed E-state index contributed by atoms with van der Waals surface area (Å²) in [5.74, 6) is 0.794. The zero-order chi connectivity index (χ0) is 6.97. The van der Waals surface area contributed by atoms with E-state index in [-0.39, 0.29) is 0 Å². The van der Waals surface area contributed by atoms with Crippen LogP contribution in [0.2, 0.25) is 0 Å². The fourth-order valence-corrected chi connectivity index (χ4v) is 1.06. The zero-order valence-corrected chi connectivity index (χ0v) is 5.28. The molecule has 0 saturated heterocycles. The summed E-state index contributed by atoms with van der Waals surface area (Å²) in [6, 6.07) is 3.86. The summed E-state index contributed by atoms with van der Waals surface area (Å²) in [7, 11) is 0. The Labute approximate surface area is 58.2 Å². The van der Waals surface area contributed by atoms with Crippen LogP contribution >= 0.6 is 0 Å². The van der Waals surface area contributed by atoms with Crippen LogP contribution in [-0.2, 0) is 6.54 Å². The molecule has 1 aromatic rings. The topological polar surface area (TPSA) is 41.1 Å². The van der Waals surface area contributed by atoms with Crippen LogP contribution in [0.25, 0.3) is 0 Å². The molecule has 0 aliphatic carbocycles. The Hall–Kier alpha value is -1.56. The molecule has 0 spiro atoms. The van der Waals surface area contributed by atoms with E-state index in [1.165, 1.54) is 0 Å². The van der Waals surface area contributed by atoms with Crippen molar-refractivity contribution in [3.8, 4) is 6.07 Å². The molecule has 3 nitrogen and oxygen atoms in total. The van der Waals surface area contributed by atoms with Crippen molar-refractivity contribution < 1.29 is 0 Å². The molecule has 0 aromatic carbocycles. The number of nitrogens with zero attached hydrogens (tertiary/aromatic N) is 3. The van der Waals surface area contributed by atoms with Crippen molar-refractivity contribution in [1.29, 1.82) is 5.26 Å². The van der Waals surface area contributed by atoms with Crippen LogP contribution in [0.3, 0.4) is 0 Å². The maximum Gasteiger partial charge on any atom is 0.150 e. The van der Waals surface area contributed by atoms with Crippen molar-refractivity contribution in [1.82, 2.24) is 4.57 Å². The minimum atomic E-state index is 0.661. The summed E-state index contributed by atoms with van der Waals surface area (Å²) in [4.78, 5) is 4.05. The Bertz CT molecular complexity index is 327. The van der Waals surface area contributed by atoms with Crippen LogP contribution in [0.1, 0.15) is 5.56 Å². The van der Waals surface area contributed by atoms with Crippen LogP contribution < -0.4 is 0 Å². The SMILES string of the molecule is N#Cc1ccn2c1N=CC2. The Balaban J connectivity index is 2.66. The number of fused-ring (bicyclic) bond motifs is 1. The summed E-state index contributed by atoms with van der Waals surface area (Å²) in [5, 5.41) is 8.55. The van der Waals surface area contributed by atoms with Gasteiger partial charge in [0.25, 0.3) is 0 Å². The minimum Gasteiger partial charge on any atom is -0.327 e. The Morgan fingerprint density at radius 3 is 3.40 bits per heavy atom. The second-order valence-electron chi connectivity index (χ2n) is 2.13. The lowest BCUT2D eigenvalue weighted by Crippen LogP contribution is -1.87. The van der Waals surface area contributed by atoms with Crippen molar-refractivity contribution in [3.05, 3.63) is 17.8 Å². The van der Waals surface area contributed by atoms with Crippen LogP contribution in [0.4, 0.5) is 5.82 Å². The summed E-state index contributed by atoms with van der Waals surface area (Å²) in [6.07, 6.45) is 3.68. The predicted molar refractivity (Wildman–Crippen MR) is 37.3 cm³/mol. The molecule has 0 N–H and O–H groups in total. The molecule has 0 atom stereocenters. The fraction of sp³-hybridized carbons (Fsp3) is 0.143. The van der Waals surface area contributed by atoms with Gasteiger partial charge in [-0.3, -0.25) is 0 Å². The largest absolute Gasteiger partial charge is 0.327 e. The normalized spacial score (nSPS) is 13.1. The number of hydrogen-bond donors (Lipinski definition) is 0. The molecule has 2 rings (SSSR count). The lowest BCUT2D eigenvalue weighted by atomic mass is 10.3. The van der Waals surface area contributed by atoms with E-state index in [1.807, 2.05) is 10.8 Å². The third-order valence-electron chi connectivity index (χ3n) is 1.55. The van der Waals surface area contributed by atoms with Gasteiger partial charge in [0, 0.05) is 12.4 Å². The third-order valence-corrected chi connectivity index (χ3v) is 1.55. The Kier molecular flexibility index (Phi) is 0.896. The average molecular weight is 131 g/mol. The molecule has 10 heavy (non-hydrogen) atoms. The molecule has 0 fully saturated rings. The van der Waals surface area contributed by atoms with Crippen molar-refractivity contribution in [2.75, 3.05) is 0 Å². The van der Waals surface area contributed by atoms with Crippen molar-refractivity contribution in [2.45, 2.75) is 6.54 Å². The lowest BCUT2D eigenvalue weighted by Gasteiger charge is -1.89. The van der Waals surface area contributed by atoms with Gasteiger partial charge in [0.15, 0.2) is 5.82 Å². The van der Waals surface area contributed by atoms with Gasteiger partial charge in [-0.1, -0.05) is 0 Å². The molecule has 1 aliphatic heterocycles. The molecule has 2 heterocycles. The molecule has 48 valence electrons. The highest BCUT2D eigenvalue weighted by Crippen LogP contribution is 2.22. The summed E-state index contributed by atoms with van der Waals surface area (Å²) >= 11 is 0. The molecule has 1 aromatic heterocycles. The van der Waals surface area contributed by atoms with Gasteiger partial charge in [0.2, 0.25) is 0 Å². The highest BCUT2D eigenvalue weighted by molar-refractivity contribution is 5.70. The quantitative estimate of drug-likeness (QED) is 0.519. The Morgan fingerprint density at radius 2 is 2.60 bits per heavy atom. The first-order chi connectivity index (χ1) is 4.92.